The molecule has 1 N–H and O–H groups in total. The number of aromatic nitrogens is 4. The van der Waals surface area contributed by atoms with Crippen LogP contribution in [0.2, 0.25) is 0 Å². The van der Waals surface area contributed by atoms with Gasteiger partial charge in [0.15, 0.2) is 15.5 Å². The number of anilines is 1. The molecular weight excluding hydrogens is 418 g/mol. The molecule has 0 aromatic carbocycles. The van der Waals surface area contributed by atoms with Crippen molar-refractivity contribution in [1.29, 1.82) is 0 Å². The first-order valence-electron chi connectivity index (χ1n) is 8.76. The van der Waals surface area contributed by atoms with E-state index in [1.54, 1.807) is 19.9 Å². The summed E-state index contributed by atoms with van der Waals surface area (Å²) in [6, 6.07) is 1.68. The summed E-state index contributed by atoms with van der Waals surface area (Å²) in [5.74, 6) is -0.725. The normalized spacial score (nSPS) is 14.9. The number of carboxylic acids is 1. The molecule has 0 spiro atoms. The molecule has 4 rings (SSSR count). The van der Waals surface area contributed by atoms with E-state index in [0.717, 1.165) is 11.5 Å². The lowest BCUT2D eigenvalue weighted by molar-refractivity contribution is 0.0695. The number of aryl methyl sites for hydroxylation is 1. The predicted octanol–water partition coefficient (Wildman–Crippen LogP) is 0.867. The number of sulfone groups is 1. The molecule has 1 saturated heterocycles. The van der Waals surface area contributed by atoms with Gasteiger partial charge in [0.1, 0.15) is 17.7 Å². The molecule has 0 saturated carbocycles. The Hall–Kier alpha value is -2.86. The third-order valence-electron chi connectivity index (χ3n) is 5.01. The fraction of sp³-hybridized carbons (Fsp3) is 0.353. The molecule has 12 heteroatoms. The van der Waals surface area contributed by atoms with E-state index in [-0.39, 0.29) is 22.3 Å². The molecule has 1 aliphatic heterocycles. The molecule has 0 aliphatic carbocycles. The minimum Gasteiger partial charge on any atom is -0.477 e. The van der Waals surface area contributed by atoms with E-state index < -0.39 is 26.5 Å². The second-order valence-electron chi connectivity index (χ2n) is 6.75. The number of pyridine rings is 2. The quantitative estimate of drug-likeness (QED) is 0.619. The number of nitrogens with zero attached hydrogens (tertiary/aromatic N) is 5. The summed E-state index contributed by atoms with van der Waals surface area (Å²) in [5.41, 5.74) is -0.199. The van der Waals surface area contributed by atoms with Gasteiger partial charge in [-0.2, -0.15) is 4.37 Å². The molecule has 4 heterocycles. The number of carbonyl (C=O) groups is 1. The highest BCUT2D eigenvalue weighted by atomic mass is 32.2. The third kappa shape index (κ3) is 3.17. The number of fused-ring (bicyclic) bond motifs is 1. The SMILES string of the molecule is CCS(=O)(=O)C1CN(c2cc(C)c3c(=O)c(C(=O)O)cn(-c4ncns4)c3n2)C1. The Balaban J connectivity index is 1.88. The van der Waals surface area contributed by atoms with Crippen molar-refractivity contribution in [3.05, 3.63) is 39.9 Å². The second kappa shape index (κ2) is 6.88. The van der Waals surface area contributed by atoms with Crippen LogP contribution in [-0.2, 0) is 9.84 Å². The van der Waals surface area contributed by atoms with E-state index in [0.29, 0.717) is 29.6 Å². The first kappa shape index (κ1) is 19.5. The summed E-state index contributed by atoms with van der Waals surface area (Å²) < 4.78 is 29.4. The average Bonchev–Trinajstić information content (AvgIpc) is 3.14. The van der Waals surface area contributed by atoms with Crippen molar-refractivity contribution in [2.45, 2.75) is 19.1 Å². The van der Waals surface area contributed by atoms with Gasteiger partial charge in [0.2, 0.25) is 10.6 Å². The summed E-state index contributed by atoms with van der Waals surface area (Å²) in [7, 11) is -3.13. The van der Waals surface area contributed by atoms with Crippen LogP contribution in [0.3, 0.4) is 0 Å². The fourth-order valence-electron chi connectivity index (χ4n) is 3.30. The molecule has 0 bridgehead atoms. The fourth-order valence-corrected chi connectivity index (χ4v) is 5.09. The zero-order chi connectivity index (χ0) is 20.9. The number of rotatable bonds is 5. The van der Waals surface area contributed by atoms with Crippen LogP contribution < -0.4 is 10.3 Å². The van der Waals surface area contributed by atoms with E-state index in [9.17, 15) is 23.1 Å². The molecule has 0 radical (unpaired) electrons. The summed E-state index contributed by atoms with van der Waals surface area (Å²) in [5, 5.41) is 9.54. The molecule has 0 unspecified atom stereocenters. The van der Waals surface area contributed by atoms with Crippen LogP contribution in [0.4, 0.5) is 5.82 Å². The molecule has 1 fully saturated rings. The van der Waals surface area contributed by atoms with Crippen LogP contribution in [0.25, 0.3) is 16.2 Å². The van der Waals surface area contributed by atoms with Crippen molar-refractivity contribution < 1.29 is 18.3 Å². The minimum absolute atomic E-state index is 0.0875. The third-order valence-corrected chi connectivity index (χ3v) is 7.79. The van der Waals surface area contributed by atoms with Gasteiger partial charge in [0.25, 0.3) is 0 Å². The van der Waals surface area contributed by atoms with E-state index in [1.165, 1.54) is 17.1 Å². The number of hydrogen-bond acceptors (Lipinski definition) is 9. The van der Waals surface area contributed by atoms with Gasteiger partial charge in [-0.15, -0.1) is 0 Å². The maximum Gasteiger partial charge on any atom is 0.341 e. The molecule has 10 nitrogen and oxygen atoms in total. The predicted molar refractivity (Wildman–Crippen MR) is 108 cm³/mol. The smallest absolute Gasteiger partial charge is 0.341 e. The van der Waals surface area contributed by atoms with Crippen molar-refractivity contribution in [2.75, 3.05) is 23.7 Å². The van der Waals surface area contributed by atoms with Crippen LogP contribution in [0.15, 0.2) is 23.4 Å². The standard InChI is InChI=1S/C17H17N5O5S2/c1-3-29(26,27)10-5-21(6-10)12-4-9(2)13-14(23)11(16(24)25)7-22(15(13)20-12)17-18-8-19-28-17/h4,7-8,10H,3,5-6H2,1-2H3,(H,24,25). The summed E-state index contributed by atoms with van der Waals surface area (Å²) >= 11 is 1.04. The van der Waals surface area contributed by atoms with E-state index >= 15 is 0 Å². The van der Waals surface area contributed by atoms with Gasteiger partial charge in [-0.3, -0.25) is 9.36 Å². The molecule has 3 aromatic rings. The van der Waals surface area contributed by atoms with E-state index in [2.05, 4.69) is 14.3 Å². The van der Waals surface area contributed by atoms with E-state index in [1.807, 2.05) is 4.90 Å². The van der Waals surface area contributed by atoms with Gasteiger partial charge in [-0.1, -0.05) is 6.92 Å². The lowest BCUT2D eigenvalue weighted by Crippen LogP contribution is -2.55. The average molecular weight is 435 g/mol. The summed E-state index contributed by atoms with van der Waals surface area (Å²) in [6.45, 7) is 3.97. The van der Waals surface area contributed by atoms with Crippen molar-refractivity contribution >= 4 is 44.2 Å². The zero-order valence-corrected chi connectivity index (χ0v) is 17.2. The molecular formula is C17H17N5O5S2. The molecule has 29 heavy (non-hydrogen) atoms. The Morgan fingerprint density at radius 1 is 1.38 bits per heavy atom. The lowest BCUT2D eigenvalue weighted by Gasteiger charge is -2.39. The Labute approximate surface area is 169 Å². The topological polar surface area (TPSA) is 135 Å². The first-order chi connectivity index (χ1) is 13.7. The van der Waals surface area contributed by atoms with Crippen LogP contribution in [-0.4, -0.2) is 62.5 Å². The highest BCUT2D eigenvalue weighted by Gasteiger charge is 2.37. The van der Waals surface area contributed by atoms with Gasteiger partial charge >= 0.3 is 5.97 Å². The van der Waals surface area contributed by atoms with Gasteiger partial charge in [-0.25, -0.2) is 23.2 Å². The van der Waals surface area contributed by atoms with Crippen LogP contribution >= 0.6 is 11.5 Å². The summed E-state index contributed by atoms with van der Waals surface area (Å²) in [6.07, 6.45) is 2.53. The first-order valence-corrected chi connectivity index (χ1v) is 11.3. The number of hydrogen-bond donors (Lipinski definition) is 1. The van der Waals surface area contributed by atoms with Crippen molar-refractivity contribution in [1.82, 2.24) is 18.9 Å². The van der Waals surface area contributed by atoms with Crippen LogP contribution in [0, 0.1) is 6.92 Å². The molecule has 0 amide bonds. The Morgan fingerprint density at radius 3 is 2.69 bits per heavy atom. The van der Waals surface area contributed by atoms with Gasteiger partial charge < -0.3 is 10.0 Å². The van der Waals surface area contributed by atoms with E-state index in [4.69, 9.17) is 0 Å². The molecule has 1 aliphatic rings. The maximum absolute atomic E-state index is 12.7. The highest BCUT2D eigenvalue weighted by Crippen LogP contribution is 2.28. The number of aromatic carboxylic acids is 1. The number of carboxylic acid groups (broad SMARTS) is 1. The monoisotopic (exact) mass is 435 g/mol. The molecule has 152 valence electrons. The van der Waals surface area contributed by atoms with Crippen molar-refractivity contribution in [3.8, 4) is 5.13 Å². The van der Waals surface area contributed by atoms with Gasteiger partial charge in [-0.05, 0) is 18.6 Å². The largest absolute Gasteiger partial charge is 0.477 e. The van der Waals surface area contributed by atoms with Crippen LogP contribution in [0.5, 0.6) is 0 Å². The van der Waals surface area contributed by atoms with Gasteiger partial charge in [0, 0.05) is 36.6 Å². The Kier molecular flexibility index (Phi) is 4.62. The summed E-state index contributed by atoms with van der Waals surface area (Å²) in [4.78, 5) is 34.8. The molecule has 0 atom stereocenters. The molecule has 3 aromatic heterocycles. The second-order valence-corrected chi connectivity index (χ2v) is 10.1. The van der Waals surface area contributed by atoms with Crippen molar-refractivity contribution in [2.24, 2.45) is 0 Å². The minimum atomic E-state index is -3.13. The lowest BCUT2D eigenvalue weighted by atomic mass is 10.1. The highest BCUT2D eigenvalue weighted by molar-refractivity contribution is 7.92. The Bertz CT molecular complexity index is 1280. The zero-order valence-electron chi connectivity index (χ0n) is 15.6. The Morgan fingerprint density at radius 2 is 2.10 bits per heavy atom. The van der Waals surface area contributed by atoms with Gasteiger partial charge in [0.05, 0.1) is 10.6 Å². The van der Waals surface area contributed by atoms with Crippen LogP contribution in [0.1, 0.15) is 22.8 Å². The maximum atomic E-state index is 12.7. The van der Waals surface area contributed by atoms with Crippen molar-refractivity contribution in [3.63, 3.8) is 0 Å².